The van der Waals surface area contributed by atoms with Crippen LogP contribution in [0.3, 0.4) is 0 Å². The summed E-state index contributed by atoms with van der Waals surface area (Å²) in [4.78, 5) is 21.3. The van der Waals surface area contributed by atoms with Crippen molar-refractivity contribution in [2.24, 2.45) is 5.92 Å². The number of carbonyl (C=O) groups excluding carboxylic acids is 1. The Morgan fingerprint density at radius 2 is 1.74 bits per heavy atom. The molecule has 1 aliphatic rings. The fourth-order valence-electron chi connectivity index (χ4n) is 3.35. The Morgan fingerprint density at radius 3 is 2.37 bits per heavy atom. The van der Waals surface area contributed by atoms with Gasteiger partial charge in [-0.25, -0.2) is 0 Å². The van der Waals surface area contributed by atoms with Gasteiger partial charge in [0, 0.05) is 50.3 Å². The predicted octanol–water partition coefficient (Wildman–Crippen LogP) is 3.49. The summed E-state index contributed by atoms with van der Waals surface area (Å²) in [7, 11) is 0. The first-order valence-electron chi connectivity index (χ1n) is 9.84. The van der Waals surface area contributed by atoms with Crippen molar-refractivity contribution in [3.63, 3.8) is 0 Å². The maximum absolute atomic E-state index is 12.3. The SMILES string of the molecule is Cc1cccc(N2CCN(c3ccnc(C(=O)NCCC(C)C)c3)CC2)c1. The molecule has 27 heavy (non-hydrogen) atoms. The topological polar surface area (TPSA) is 48.5 Å². The van der Waals surface area contributed by atoms with Gasteiger partial charge in [0.15, 0.2) is 0 Å². The molecule has 1 aliphatic heterocycles. The lowest BCUT2D eigenvalue weighted by Gasteiger charge is -2.37. The van der Waals surface area contributed by atoms with Crippen LogP contribution in [0.2, 0.25) is 0 Å². The highest BCUT2D eigenvalue weighted by molar-refractivity contribution is 5.93. The molecule has 2 heterocycles. The van der Waals surface area contributed by atoms with Crippen molar-refractivity contribution in [3.05, 3.63) is 53.9 Å². The number of nitrogens with one attached hydrogen (secondary N) is 1. The molecule has 2 aromatic rings. The molecule has 1 amide bonds. The first-order chi connectivity index (χ1) is 13.0. The third kappa shape index (κ3) is 5.22. The van der Waals surface area contributed by atoms with Crippen LogP contribution < -0.4 is 15.1 Å². The van der Waals surface area contributed by atoms with Crippen LogP contribution in [0.1, 0.15) is 36.3 Å². The first kappa shape index (κ1) is 19.2. The third-order valence-electron chi connectivity index (χ3n) is 5.00. The van der Waals surface area contributed by atoms with Crippen LogP contribution in [0, 0.1) is 12.8 Å². The van der Waals surface area contributed by atoms with Gasteiger partial charge in [0.2, 0.25) is 0 Å². The number of aryl methyl sites for hydroxylation is 1. The van der Waals surface area contributed by atoms with E-state index in [4.69, 9.17) is 0 Å². The Bertz CT molecular complexity index is 766. The van der Waals surface area contributed by atoms with E-state index in [0.29, 0.717) is 18.2 Å². The number of rotatable bonds is 6. The third-order valence-corrected chi connectivity index (χ3v) is 5.00. The Kier molecular flexibility index (Phi) is 6.32. The second kappa shape index (κ2) is 8.89. The fraction of sp³-hybridized carbons (Fsp3) is 0.455. The molecule has 0 saturated carbocycles. The smallest absolute Gasteiger partial charge is 0.269 e. The molecule has 1 fully saturated rings. The van der Waals surface area contributed by atoms with Crippen molar-refractivity contribution in [2.45, 2.75) is 27.2 Å². The zero-order valence-corrected chi connectivity index (χ0v) is 16.6. The van der Waals surface area contributed by atoms with Crippen LogP contribution in [-0.4, -0.2) is 43.6 Å². The van der Waals surface area contributed by atoms with E-state index in [2.05, 4.69) is 65.1 Å². The maximum Gasteiger partial charge on any atom is 0.269 e. The van der Waals surface area contributed by atoms with Crippen molar-refractivity contribution >= 4 is 17.3 Å². The highest BCUT2D eigenvalue weighted by Crippen LogP contribution is 2.21. The summed E-state index contributed by atoms with van der Waals surface area (Å²) < 4.78 is 0. The van der Waals surface area contributed by atoms with E-state index >= 15 is 0 Å². The number of nitrogens with zero attached hydrogens (tertiary/aromatic N) is 3. The van der Waals surface area contributed by atoms with Crippen LogP contribution >= 0.6 is 0 Å². The second-order valence-electron chi connectivity index (χ2n) is 7.65. The number of carbonyl (C=O) groups is 1. The molecule has 1 aromatic heterocycles. The zero-order valence-electron chi connectivity index (χ0n) is 16.6. The highest BCUT2D eigenvalue weighted by atomic mass is 16.1. The lowest BCUT2D eigenvalue weighted by atomic mass is 10.1. The van der Waals surface area contributed by atoms with E-state index in [9.17, 15) is 4.79 Å². The average molecular weight is 367 g/mol. The van der Waals surface area contributed by atoms with E-state index in [0.717, 1.165) is 38.3 Å². The monoisotopic (exact) mass is 366 g/mol. The Labute approximate surface area is 162 Å². The summed E-state index contributed by atoms with van der Waals surface area (Å²) in [5.41, 5.74) is 4.15. The Hall–Kier alpha value is -2.56. The second-order valence-corrected chi connectivity index (χ2v) is 7.65. The summed E-state index contributed by atoms with van der Waals surface area (Å²) in [6, 6.07) is 12.6. The molecule has 0 unspecified atom stereocenters. The number of benzene rings is 1. The van der Waals surface area contributed by atoms with Crippen LogP contribution in [0.5, 0.6) is 0 Å². The molecule has 5 heteroatoms. The van der Waals surface area contributed by atoms with E-state index < -0.39 is 0 Å². The normalized spacial score (nSPS) is 14.5. The Morgan fingerprint density at radius 1 is 1.07 bits per heavy atom. The van der Waals surface area contributed by atoms with E-state index in [-0.39, 0.29) is 5.91 Å². The average Bonchev–Trinajstić information content (AvgIpc) is 2.68. The van der Waals surface area contributed by atoms with Crippen molar-refractivity contribution in [1.29, 1.82) is 0 Å². The number of piperazine rings is 1. The minimum atomic E-state index is -0.0871. The standard InChI is InChI=1S/C22H30N4O/c1-17(2)7-9-24-22(27)21-16-20(8-10-23-21)26-13-11-25(12-14-26)19-6-4-5-18(3)15-19/h4-6,8,10,15-17H,7,9,11-14H2,1-3H3,(H,24,27). The van der Waals surface area contributed by atoms with Crippen LogP contribution in [0.4, 0.5) is 11.4 Å². The number of hydrogen-bond donors (Lipinski definition) is 1. The van der Waals surface area contributed by atoms with Gasteiger partial charge in [0.1, 0.15) is 5.69 Å². The van der Waals surface area contributed by atoms with E-state index in [1.165, 1.54) is 11.3 Å². The molecule has 1 N–H and O–H groups in total. The van der Waals surface area contributed by atoms with Gasteiger partial charge in [-0.15, -0.1) is 0 Å². The molecule has 0 bridgehead atoms. The van der Waals surface area contributed by atoms with Crippen molar-refractivity contribution in [2.75, 3.05) is 42.5 Å². The minimum Gasteiger partial charge on any atom is -0.368 e. The van der Waals surface area contributed by atoms with Gasteiger partial charge in [-0.1, -0.05) is 26.0 Å². The number of anilines is 2. The zero-order chi connectivity index (χ0) is 19.2. The molecule has 0 spiro atoms. The molecule has 5 nitrogen and oxygen atoms in total. The lowest BCUT2D eigenvalue weighted by molar-refractivity contribution is 0.0947. The molecule has 0 aliphatic carbocycles. The lowest BCUT2D eigenvalue weighted by Crippen LogP contribution is -2.46. The van der Waals surface area contributed by atoms with Gasteiger partial charge in [-0.2, -0.15) is 0 Å². The van der Waals surface area contributed by atoms with Crippen molar-refractivity contribution < 1.29 is 4.79 Å². The summed E-state index contributed by atoms with van der Waals surface area (Å²) in [6.07, 6.45) is 2.71. The molecule has 0 atom stereocenters. The molecule has 1 saturated heterocycles. The summed E-state index contributed by atoms with van der Waals surface area (Å²) in [5.74, 6) is 0.491. The predicted molar refractivity (Wildman–Crippen MR) is 112 cm³/mol. The van der Waals surface area contributed by atoms with Gasteiger partial charge in [-0.3, -0.25) is 9.78 Å². The number of amides is 1. The summed E-state index contributed by atoms with van der Waals surface area (Å²) >= 11 is 0. The van der Waals surface area contributed by atoms with Gasteiger partial charge < -0.3 is 15.1 Å². The molecule has 3 rings (SSSR count). The van der Waals surface area contributed by atoms with Gasteiger partial charge in [-0.05, 0) is 49.1 Å². The van der Waals surface area contributed by atoms with Crippen LogP contribution in [-0.2, 0) is 0 Å². The van der Waals surface area contributed by atoms with Crippen molar-refractivity contribution in [3.8, 4) is 0 Å². The van der Waals surface area contributed by atoms with Gasteiger partial charge in [0.05, 0.1) is 0 Å². The Balaban J connectivity index is 1.59. The number of pyridine rings is 1. The number of aromatic nitrogens is 1. The van der Waals surface area contributed by atoms with E-state index in [1.807, 2.05) is 12.1 Å². The first-order valence-corrected chi connectivity index (χ1v) is 9.84. The largest absolute Gasteiger partial charge is 0.368 e. The van der Waals surface area contributed by atoms with Crippen LogP contribution in [0.25, 0.3) is 0 Å². The fourth-order valence-corrected chi connectivity index (χ4v) is 3.35. The summed E-state index contributed by atoms with van der Waals surface area (Å²) in [5, 5.41) is 2.97. The maximum atomic E-state index is 12.3. The minimum absolute atomic E-state index is 0.0871. The van der Waals surface area contributed by atoms with Gasteiger partial charge in [0.25, 0.3) is 5.91 Å². The van der Waals surface area contributed by atoms with Crippen LogP contribution in [0.15, 0.2) is 42.6 Å². The van der Waals surface area contributed by atoms with Crippen molar-refractivity contribution in [1.82, 2.24) is 10.3 Å². The molecule has 1 aromatic carbocycles. The summed E-state index contributed by atoms with van der Waals surface area (Å²) in [6.45, 7) is 11.0. The quantitative estimate of drug-likeness (QED) is 0.850. The van der Waals surface area contributed by atoms with Gasteiger partial charge >= 0.3 is 0 Å². The number of hydrogen-bond acceptors (Lipinski definition) is 4. The molecule has 0 radical (unpaired) electrons. The van der Waals surface area contributed by atoms with E-state index in [1.54, 1.807) is 6.20 Å². The molecular weight excluding hydrogens is 336 g/mol. The highest BCUT2D eigenvalue weighted by Gasteiger charge is 2.19. The molecular formula is C22H30N4O. The molecule has 144 valence electrons.